The first-order chi connectivity index (χ1) is 6.27. The second-order valence-electron chi connectivity index (χ2n) is 3.08. The zero-order valence-electron chi connectivity index (χ0n) is 7.52. The summed E-state index contributed by atoms with van der Waals surface area (Å²) in [7, 11) is 0. The van der Waals surface area contributed by atoms with Crippen LogP contribution in [0.3, 0.4) is 0 Å². The van der Waals surface area contributed by atoms with E-state index in [1.54, 1.807) is 17.6 Å². The van der Waals surface area contributed by atoms with Gasteiger partial charge in [0.05, 0.1) is 6.26 Å². The molecule has 13 heavy (non-hydrogen) atoms. The largest absolute Gasteiger partial charge is 0.462 e. The van der Waals surface area contributed by atoms with Gasteiger partial charge in [0.15, 0.2) is 10.8 Å². The van der Waals surface area contributed by atoms with Gasteiger partial charge in [-0.15, -0.1) is 10.2 Å². The van der Waals surface area contributed by atoms with Crippen LogP contribution in [0.1, 0.15) is 24.8 Å². The molecular formula is C9H10N2OS. The van der Waals surface area contributed by atoms with Crippen molar-refractivity contribution >= 4 is 11.3 Å². The molecule has 0 N–H and O–H groups in total. The van der Waals surface area contributed by atoms with E-state index in [1.165, 1.54) is 0 Å². The van der Waals surface area contributed by atoms with Crippen LogP contribution in [0.4, 0.5) is 0 Å². The average Bonchev–Trinajstić information content (AvgIpc) is 2.75. The highest BCUT2D eigenvalue weighted by Crippen LogP contribution is 2.27. The topological polar surface area (TPSA) is 38.9 Å². The first-order valence-electron chi connectivity index (χ1n) is 4.14. The third-order valence-electron chi connectivity index (χ3n) is 1.67. The lowest BCUT2D eigenvalue weighted by Crippen LogP contribution is -1.83. The molecule has 0 aliphatic heterocycles. The average molecular weight is 194 g/mol. The van der Waals surface area contributed by atoms with Gasteiger partial charge in [-0.1, -0.05) is 25.2 Å². The molecule has 0 amide bonds. The third-order valence-corrected chi connectivity index (χ3v) is 2.90. The molecule has 0 unspecified atom stereocenters. The molecule has 0 fully saturated rings. The lowest BCUT2D eigenvalue weighted by molar-refractivity contribution is 0.581. The molecule has 2 aromatic heterocycles. The summed E-state index contributed by atoms with van der Waals surface area (Å²) >= 11 is 1.58. The standard InChI is InChI=1S/C9H10N2OS/c1-6(2)8-10-11-9(13-8)7-4-3-5-12-7/h3-6H,1-2H3. The molecule has 2 aromatic rings. The Kier molecular flexibility index (Phi) is 2.14. The van der Waals surface area contributed by atoms with Crippen molar-refractivity contribution in [1.29, 1.82) is 0 Å². The molecule has 0 saturated heterocycles. The van der Waals surface area contributed by atoms with Gasteiger partial charge in [0.25, 0.3) is 0 Å². The summed E-state index contributed by atoms with van der Waals surface area (Å²) < 4.78 is 5.22. The predicted octanol–water partition coefficient (Wildman–Crippen LogP) is 2.92. The fourth-order valence-corrected chi connectivity index (χ4v) is 1.78. The SMILES string of the molecule is CC(C)c1nnc(-c2ccco2)s1. The van der Waals surface area contributed by atoms with E-state index in [0.29, 0.717) is 5.92 Å². The van der Waals surface area contributed by atoms with E-state index in [0.717, 1.165) is 15.8 Å². The molecule has 0 spiro atoms. The van der Waals surface area contributed by atoms with E-state index < -0.39 is 0 Å². The van der Waals surface area contributed by atoms with Crippen LogP contribution in [0.25, 0.3) is 10.8 Å². The maximum Gasteiger partial charge on any atom is 0.183 e. The molecule has 2 rings (SSSR count). The summed E-state index contributed by atoms with van der Waals surface area (Å²) in [5.74, 6) is 1.23. The Morgan fingerprint density at radius 1 is 1.38 bits per heavy atom. The van der Waals surface area contributed by atoms with Crippen molar-refractivity contribution in [2.75, 3.05) is 0 Å². The van der Waals surface area contributed by atoms with Crippen molar-refractivity contribution < 1.29 is 4.42 Å². The van der Waals surface area contributed by atoms with Crippen LogP contribution in [0.5, 0.6) is 0 Å². The van der Waals surface area contributed by atoms with E-state index in [4.69, 9.17) is 4.42 Å². The second kappa shape index (κ2) is 3.30. The zero-order chi connectivity index (χ0) is 9.26. The van der Waals surface area contributed by atoms with Crippen molar-refractivity contribution in [3.63, 3.8) is 0 Å². The summed E-state index contributed by atoms with van der Waals surface area (Å²) in [5.41, 5.74) is 0. The van der Waals surface area contributed by atoms with Gasteiger partial charge in [0.2, 0.25) is 0 Å². The highest BCUT2D eigenvalue weighted by Gasteiger charge is 2.10. The Morgan fingerprint density at radius 3 is 2.77 bits per heavy atom. The quantitative estimate of drug-likeness (QED) is 0.737. The Morgan fingerprint density at radius 2 is 2.23 bits per heavy atom. The molecule has 0 bridgehead atoms. The Balaban J connectivity index is 2.33. The molecule has 0 aromatic carbocycles. The maximum atomic E-state index is 5.22. The summed E-state index contributed by atoms with van der Waals surface area (Å²) in [6.45, 7) is 4.21. The smallest absolute Gasteiger partial charge is 0.183 e. The first-order valence-corrected chi connectivity index (χ1v) is 4.96. The van der Waals surface area contributed by atoms with Gasteiger partial charge in [-0.3, -0.25) is 0 Å². The van der Waals surface area contributed by atoms with Gasteiger partial charge in [-0.25, -0.2) is 0 Å². The van der Waals surface area contributed by atoms with Crippen LogP contribution in [0.15, 0.2) is 22.8 Å². The lowest BCUT2D eigenvalue weighted by Gasteiger charge is -1.93. The molecule has 68 valence electrons. The molecule has 4 heteroatoms. The van der Waals surface area contributed by atoms with Gasteiger partial charge < -0.3 is 4.42 Å². The molecule has 0 radical (unpaired) electrons. The first kappa shape index (κ1) is 8.44. The number of furan rings is 1. The fraction of sp³-hybridized carbons (Fsp3) is 0.333. The maximum absolute atomic E-state index is 5.22. The van der Waals surface area contributed by atoms with Crippen molar-refractivity contribution in [2.24, 2.45) is 0 Å². The Hall–Kier alpha value is -1.16. The van der Waals surface area contributed by atoms with E-state index >= 15 is 0 Å². The van der Waals surface area contributed by atoms with Crippen molar-refractivity contribution in [1.82, 2.24) is 10.2 Å². The molecule has 0 aliphatic carbocycles. The number of aromatic nitrogens is 2. The van der Waals surface area contributed by atoms with Crippen LogP contribution in [0.2, 0.25) is 0 Å². The van der Waals surface area contributed by atoms with Crippen LogP contribution in [-0.2, 0) is 0 Å². The number of hydrogen-bond donors (Lipinski definition) is 0. The van der Waals surface area contributed by atoms with Crippen LogP contribution in [0, 0.1) is 0 Å². The zero-order valence-corrected chi connectivity index (χ0v) is 8.34. The normalized spacial score (nSPS) is 11.0. The fourth-order valence-electron chi connectivity index (χ4n) is 0.968. The van der Waals surface area contributed by atoms with Gasteiger partial charge in [0, 0.05) is 5.92 Å². The minimum Gasteiger partial charge on any atom is -0.462 e. The van der Waals surface area contributed by atoms with E-state index in [9.17, 15) is 0 Å². The molecule has 2 heterocycles. The van der Waals surface area contributed by atoms with Gasteiger partial charge in [0.1, 0.15) is 5.01 Å². The highest BCUT2D eigenvalue weighted by atomic mass is 32.1. The lowest BCUT2D eigenvalue weighted by atomic mass is 10.2. The number of nitrogens with zero attached hydrogens (tertiary/aromatic N) is 2. The van der Waals surface area contributed by atoms with Crippen molar-refractivity contribution in [3.05, 3.63) is 23.4 Å². The van der Waals surface area contributed by atoms with Gasteiger partial charge >= 0.3 is 0 Å². The Bertz CT molecular complexity index is 378. The van der Waals surface area contributed by atoms with E-state index in [1.807, 2.05) is 12.1 Å². The minimum atomic E-state index is 0.432. The highest BCUT2D eigenvalue weighted by molar-refractivity contribution is 7.14. The molecular weight excluding hydrogens is 184 g/mol. The minimum absolute atomic E-state index is 0.432. The Labute approximate surface area is 80.4 Å². The van der Waals surface area contributed by atoms with Crippen LogP contribution < -0.4 is 0 Å². The number of hydrogen-bond acceptors (Lipinski definition) is 4. The predicted molar refractivity (Wildman–Crippen MR) is 51.7 cm³/mol. The molecule has 0 aliphatic rings. The third kappa shape index (κ3) is 1.62. The van der Waals surface area contributed by atoms with Crippen LogP contribution in [-0.4, -0.2) is 10.2 Å². The molecule has 0 saturated carbocycles. The van der Waals surface area contributed by atoms with Crippen molar-refractivity contribution in [3.8, 4) is 10.8 Å². The molecule has 0 atom stereocenters. The summed E-state index contributed by atoms with van der Waals surface area (Å²) in [4.78, 5) is 0. The summed E-state index contributed by atoms with van der Waals surface area (Å²) in [5, 5.41) is 10.0. The van der Waals surface area contributed by atoms with Crippen molar-refractivity contribution in [2.45, 2.75) is 19.8 Å². The number of rotatable bonds is 2. The van der Waals surface area contributed by atoms with Gasteiger partial charge in [-0.05, 0) is 12.1 Å². The monoisotopic (exact) mass is 194 g/mol. The summed E-state index contributed by atoms with van der Waals surface area (Å²) in [6, 6.07) is 3.75. The van der Waals surface area contributed by atoms with Gasteiger partial charge in [-0.2, -0.15) is 0 Å². The molecule has 3 nitrogen and oxygen atoms in total. The second-order valence-corrected chi connectivity index (χ2v) is 4.09. The van der Waals surface area contributed by atoms with E-state index in [-0.39, 0.29) is 0 Å². The van der Waals surface area contributed by atoms with E-state index in [2.05, 4.69) is 24.0 Å². The summed E-state index contributed by atoms with van der Waals surface area (Å²) in [6.07, 6.45) is 1.64. The van der Waals surface area contributed by atoms with Crippen LogP contribution >= 0.6 is 11.3 Å².